The monoisotopic (exact) mass is 182 g/mol. The molecule has 1 aromatic rings. The third-order valence-electron chi connectivity index (χ3n) is 1.97. The zero-order chi connectivity index (χ0) is 9.26. The average molecular weight is 182 g/mol. The molecule has 2 nitrogen and oxygen atoms in total. The van der Waals surface area contributed by atoms with Crippen LogP contribution in [0.2, 0.25) is 0 Å². The quantitative estimate of drug-likeness (QED) is 0.666. The van der Waals surface area contributed by atoms with Crippen LogP contribution in [0.25, 0.3) is 0 Å². The van der Waals surface area contributed by atoms with E-state index in [0.717, 1.165) is 6.61 Å². The number of hydrogen-bond donors (Lipinski definition) is 0. The Labute approximate surface area is 76.3 Å². The second-order valence-corrected chi connectivity index (χ2v) is 3.18. The number of hydrogen-bond acceptors (Lipinski definition) is 2. The Balaban J connectivity index is 1.98. The third kappa shape index (κ3) is 2.18. The molecular formula is C10H11FO2. The number of ether oxygens (including phenoxy) is 2. The molecule has 2 rings (SSSR count). The topological polar surface area (TPSA) is 21.8 Å². The van der Waals surface area contributed by atoms with Crippen LogP contribution >= 0.6 is 0 Å². The van der Waals surface area contributed by atoms with Gasteiger partial charge in [0.1, 0.15) is 24.3 Å². The van der Waals surface area contributed by atoms with Crippen molar-refractivity contribution in [1.29, 1.82) is 0 Å². The van der Waals surface area contributed by atoms with E-state index in [0.29, 0.717) is 17.9 Å². The van der Waals surface area contributed by atoms with E-state index >= 15 is 0 Å². The number of rotatable bonds is 3. The number of benzene rings is 1. The predicted molar refractivity (Wildman–Crippen MR) is 46.4 cm³/mol. The molecule has 3 heteroatoms. The maximum atomic E-state index is 12.8. The first-order valence-corrected chi connectivity index (χ1v) is 4.26. The molecule has 1 heterocycles. The SMILES string of the molecule is Cc1cc(OC[C@H]2CO2)ccc1F. The molecule has 1 fully saturated rings. The van der Waals surface area contributed by atoms with Crippen molar-refractivity contribution < 1.29 is 13.9 Å². The maximum Gasteiger partial charge on any atom is 0.126 e. The Hall–Kier alpha value is -1.09. The minimum Gasteiger partial charge on any atom is -0.491 e. The molecule has 1 saturated heterocycles. The van der Waals surface area contributed by atoms with Crippen LogP contribution in [0.15, 0.2) is 18.2 Å². The molecule has 1 aliphatic rings. The Morgan fingerprint density at radius 3 is 3.00 bits per heavy atom. The first kappa shape index (κ1) is 8.51. The highest BCUT2D eigenvalue weighted by atomic mass is 19.1. The highest BCUT2D eigenvalue weighted by Gasteiger charge is 2.22. The van der Waals surface area contributed by atoms with Crippen molar-refractivity contribution in [3.63, 3.8) is 0 Å². The summed E-state index contributed by atoms with van der Waals surface area (Å²) < 4.78 is 23.2. The largest absolute Gasteiger partial charge is 0.491 e. The molecular weight excluding hydrogens is 171 g/mol. The van der Waals surface area contributed by atoms with Gasteiger partial charge in [0.25, 0.3) is 0 Å². The summed E-state index contributed by atoms with van der Waals surface area (Å²) in [4.78, 5) is 0. The average Bonchev–Trinajstić information content (AvgIpc) is 2.91. The molecule has 0 aromatic heterocycles. The van der Waals surface area contributed by atoms with Gasteiger partial charge in [0.15, 0.2) is 0 Å². The fourth-order valence-corrected chi connectivity index (χ4v) is 1.06. The second kappa shape index (κ2) is 3.34. The molecule has 0 bridgehead atoms. The van der Waals surface area contributed by atoms with Crippen LogP contribution in [-0.4, -0.2) is 19.3 Å². The molecule has 1 aromatic carbocycles. The van der Waals surface area contributed by atoms with E-state index in [9.17, 15) is 4.39 Å². The molecule has 0 aliphatic carbocycles. The molecule has 1 atom stereocenters. The van der Waals surface area contributed by atoms with E-state index in [-0.39, 0.29) is 11.9 Å². The molecule has 0 N–H and O–H groups in total. The first-order chi connectivity index (χ1) is 6.25. The Kier molecular flexibility index (Phi) is 2.19. The molecule has 0 amide bonds. The van der Waals surface area contributed by atoms with Gasteiger partial charge >= 0.3 is 0 Å². The zero-order valence-electron chi connectivity index (χ0n) is 7.42. The molecule has 1 aliphatic heterocycles. The lowest BCUT2D eigenvalue weighted by atomic mass is 10.2. The fraction of sp³-hybridized carbons (Fsp3) is 0.400. The Morgan fingerprint density at radius 1 is 1.62 bits per heavy atom. The second-order valence-electron chi connectivity index (χ2n) is 3.18. The summed E-state index contributed by atoms with van der Waals surface area (Å²) in [6.45, 7) is 3.06. The summed E-state index contributed by atoms with van der Waals surface area (Å²) >= 11 is 0. The number of epoxide rings is 1. The highest BCUT2D eigenvalue weighted by molar-refractivity contribution is 5.28. The van der Waals surface area contributed by atoms with E-state index in [2.05, 4.69) is 0 Å². The van der Waals surface area contributed by atoms with Crippen LogP contribution in [0.4, 0.5) is 4.39 Å². The molecule has 0 radical (unpaired) electrons. The van der Waals surface area contributed by atoms with E-state index in [1.54, 1.807) is 19.1 Å². The van der Waals surface area contributed by atoms with Gasteiger partial charge in [0.2, 0.25) is 0 Å². The van der Waals surface area contributed by atoms with Crippen molar-refractivity contribution in [3.8, 4) is 5.75 Å². The lowest BCUT2D eigenvalue weighted by molar-refractivity contribution is 0.262. The van der Waals surface area contributed by atoms with Crippen molar-refractivity contribution in [1.82, 2.24) is 0 Å². The standard InChI is InChI=1S/C10H11FO2/c1-7-4-8(2-3-10(7)11)12-5-9-6-13-9/h2-4,9H,5-6H2,1H3/t9-/m0/s1. The molecule has 13 heavy (non-hydrogen) atoms. The Morgan fingerprint density at radius 2 is 2.38 bits per heavy atom. The molecule has 0 spiro atoms. The van der Waals surface area contributed by atoms with Crippen LogP contribution in [0.5, 0.6) is 5.75 Å². The van der Waals surface area contributed by atoms with Crippen LogP contribution in [-0.2, 0) is 4.74 Å². The van der Waals surface area contributed by atoms with Crippen LogP contribution in [0.3, 0.4) is 0 Å². The predicted octanol–water partition coefficient (Wildman–Crippen LogP) is 1.91. The summed E-state index contributed by atoms with van der Waals surface area (Å²) in [6.07, 6.45) is 0.241. The summed E-state index contributed by atoms with van der Waals surface area (Å²) in [5.41, 5.74) is 0.606. The van der Waals surface area contributed by atoms with E-state index in [1.807, 2.05) is 0 Å². The summed E-state index contributed by atoms with van der Waals surface area (Å²) in [7, 11) is 0. The fourth-order valence-electron chi connectivity index (χ4n) is 1.06. The normalized spacial score (nSPS) is 20.0. The van der Waals surface area contributed by atoms with Crippen molar-refractivity contribution in [2.24, 2.45) is 0 Å². The van der Waals surface area contributed by atoms with Crippen molar-refractivity contribution in [3.05, 3.63) is 29.6 Å². The van der Waals surface area contributed by atoms with Gasteiger partial charge in [-0.25, -0.2) is 4.39 Å². The third-order valence-corrected chi connectivity index (χ3v) is 1.97. The number of halogens is 1. The minimum absolute atomic E-state index is 0.199. The van der Waals surface area contributed by atoms with Crippen molar-refractivity contribution in [2.45, 2.75) is 13.0 Å². The molecule has 0 saturated carbocycles. The van der Waals surface area contributed by atoms with E-state index < -0.39 is 0 Å². The van der Waals surface area contributed by atoms with E-state index in [1.165, 1.54) is 6.07 Å². The van der Waals surface area contributed by atoms with E-state index in [4.69, 9.17) is 9.47 Å². The van der Waals surface area contributed by atoms with Gasteiger partial charge < -0.3 is 9.47 Å². The lowest BCUT2D eigenvalue weighted by Crippen LogP contribution is -2.04. The van der Waals surface area contributed by atoms with Crippen LogP contribution in [0.1, 0.15) is 5.56 Å². The highest BCUT2D eigenvalue weighted by Crippen LogP contribution is 2.18. The van der Waals surface area contributed by atoms with Crippen molar-refractivity contribution >= 4 is 0 Å². The Bertz CT molecular complexity index is 308. The molecule has 0 unspecified atom stereocenters. The van der Waals surface area contributed by atoms with Crippen molar-refractivity contribution in [2.75, 3.05) is 13.2 Å². The number of aryl methyl sites for hydroxylation is 1. The lowest BCUT2D eigenvalue weighted by Gasteiger charge is -2.04. The van der Waals surface area contributed by atoms with Gasteiger partial charge in [-0.15, -0.1) is 0 Å². The van der Waals surface area contributed by atoms with Crippen LogP contribution < -0.4 is 4.74 Å². The first-order valence-electron chi connectivity index (χ1n) is 4.26. The van der Waals surface area contributed by atoms with Gasteiger partial charge in [0, 0.05) is 0 Å². The smallest absolute Gasteiger partial charge is 0.126 e. The van der Waals surface area contributed by atoms with Gasteiger partial charge in [-0.1, -0.05) is 0 Å². The molecule has 70 valence electrons. The van der Waals surface area contributed by atoms with Gasteiger partial charge in [-0.3, -0.25) is 0 Å². The minimum atomic E-state index is -0.199. The maximum absolute atomic E-state index is 12.8. The zero-order valence-corrected chi connectivity index (χ0v) is 7.42. The van der Waals surface area contributed by atoms with Gasteiger partial charge in [-0.2, -0.15) is 0 Å². The van der Waals surface area contributed by atoms with Crippen LogP contribution in [0, 0.1) is 12.7 Å². The summed E-state index contributed by atoms with van der Waals surface area (Å²) in [5.74, 6) is 0.504. The van der Waals surface area contributed by atoms with Gasteiger partial charge in [0.05, 0.1) is 6.61 Å². The summed E-state index contributed by atoms with van der Waals surface area (Å²) in [6, 6.07) is 4.74. The van der Waals surface area contributed by atoms with Gasteiger partial charge in [-0.05, 0) is 30.7 Å². The summed E-state index contributed by atoms with van der Waals surface area (Å²) in [5, 5.41) is 0.